The molecule has 0 unspecified atom stereocenters. The van der Waals surface area contributed by atoms with E-state index >= 15 is 0 Å². The molecular formula is C15H18N6O3S. The van der Waals surface area contributed by atoms with Crippen LogP contribution in [0.1, 0.15) is 38.6 Å². The Labute approximate surface area is 148 Å². The maximum absolute atomic E-state index is 12.4. The number of carbonyl (C=O) groups excluding carboxylic acids is 1. The number of hydrogen-bond acceptors (Lipinski definition) is 7. The van der Waals surface area contributed by atoms with Crippen molar-refractivity contribution < 1.29 is 9.72 Å². The number of tetrazole rings is 1. The molecule has 132 valence electrons. The highest BCUT2D eigenvalue weighted by Crippen LogP contribution is 2.32. The molecule has 0 saturated heterocycles. The monoisotopic (exact) mass is 362 g/mol. The molecule has 1 aromatic carbocycles. The normalized spacial score (nSPS) is 15.9. The minimum absolute atomic E-state index is 0.0664. The molecule has 1 aromatic heterocycles. The Morgan fingerprint density at radius 3 is 2.92 bits per heavy atom. The molecule has 0 spiro atoms. The molecule has 0 bridgehead atoms. The minimum atomic E-state index is -0.496. The van der Waals surface area contributed by atoms with E-state index in [9.17, 15) is 14.9 Å². The van der Waals surface area contributed by atoms with Crippen LogP contribution in [0.15, 0.2) is 29.4 Å². The quantitative estimate of drug-likeness (QED) is 0.477. The van der Waals surface area contributed by atoms with Crippen LogP contribution in [-0.2, 0) is 4.79 Å². The van der Waals surface area contributed by atoms with E-state index < -0.39 is 10.2 Å². The fourth-order valence-electron chi connectivity index (χ4n) is 2.79. The van der Waals surface area contributed by atoms with E-state index in [0.29, 0.717) is 16.9 Å². The summed E-state index contributed by atoms with van der Waals surface area (Å²) in [4.78, 5) is 22.7. The number of amides is 1. The second-order valence-electron chi connectivity index (χ2n) is 5.90. The molecule has 0 aliphatic heterocycles. The third kappa shape index (κ3) is 4.13. The summed E-state index contributed by atoms with van der Waals surface area (Å²) < 4.78 is 1.80. The Bertz CT molecular complexity index is 774. The lowest BCUT2D eigenvalue weighted by molar-refractivity contribution is -0.384. The number of nitro benzene ring substituents is 1. The molecule has 1 N–H and O–H groups in total. The summed E-state index contributed by atoms with van der Waals surface area (Å²) in [6.45, 7) is 1.75. The van der Waals surface area contributed by atoms with Gasteiger partial charge in [0.15, 0.2) is 0 Å². The molecule has 10 heteroatoms. The number of benzene rings is 1. The van der Waals surface area contributed by atoms with Gasteiger partial charge in [-0.15, -0.1) is 5.10 Å². The fraction of sp³-hybridized carbons (Fsp3) is 0.467. The second-order valence-corrected chi connectivity index (χ2v) is 7.21. The lowest BCUT2D eigenvalue weighted by atomic mass is 10.2. The lowest BCUT2D eigenvalue weighted by Gasteiger charge is -2.14. The zero-order valence-electron chi connectivity index (χ0n) is 13.7. The number of nitro groups is 1. The van der Waals surface area contributed by atoms with Gasteiger partial charge in [0.05, 0.1) is 16.2 Å². The van der Waals surface area contributed by atoms with Crippen molar-refractivity contribution in [1.82, 2.24) is 20.2 Å². The highest BCUT2D eigenvalue weighted by Gasteiger charge is 2.24. The van der Waals surface area contributed by atoms with Crippen molar-refractivity contribution in [2.75, 3.05) is 5.32 Å². The number of non-ortho nitro benzene ring substituents is 1. The smallest absolute Gasteiger partial charge is 0.271 e. The first-order chi connectivity index (χ1) is 12.0. The SMILES string of the molecule is C[C@@H](Sc1nnnn1C1CCCC1)C(=O)Nc1cccc([N+](=O)[O-])c1. The molecule has 0 radical (unpaired) electrons. The number of anilines is 1. The highest BCUT2D eigenvalue weighted by atomic mass is 32.2. The van der Waals surface area contributed by atoms with E-state index in [0.717, 1.165) is 25.7 Å². The second kappa shape index (κ2) is 7.60. The summed E-state index contributed by atoms with van der Waals surface area (Å²) in [5, 5.41) is 25.5. The standard InChI is InChI=1S/C15H18N6O3S/c1-10(14(22)16-11-5-4-8-13(9-11)21(23)24)25-15-17-18-19-20(15)12-6-2-3-7-12/h4-5,8-10,12H,2-3,6-7H2,1H3,(H,16,22)/t10-/m1/s1. The van der Waals surface area contributed by atoms with Crippen LogP contribution in [-0.4, -0.2) is 36.3 Å². The molecule has 1 aliphatic carbocycles. The van der Waals surface area contributed by atoms with E-state index in [1.165, 1.54) is 30.0 Å². The van der Waals surface area contributed by atoms with Gasteiger partial charge in [0.1, 0.15) is 0 Å². The molecule has 1 amide bonds. The van der Waals surface area contributed by atoms with Crippen LogP contribution in [0.5, 0.6) is 0 Å². The van der Waals surface area contributed by atoms with Gasteiger partial charge in [0, 0.05) is 17.8 Å². The summed E-state index contributed by atoms with van der Waals surface area (Å²) in [5.74, 6) is -0.258. The van der Waals surface area contributed by atoms with E-state index in [-0.39, 0.29) is 11.6 Å². The first-order valence-corrected chi connectivity index (χ1v) is 8.92. The Kier molecular flexibility index (Phi) is 5.27. The topological polar surface area (TPSA) is 116 Å². The largest absolute Gasteiger partial charge is 0.325 e. The third-order valence-electron chi connectivity index (χ3n) is 4.11. The van der Waals surface area contributed by atoms with Gasteiger partial charge in [0.25, 0.3) is 5.69 Å². The lowest BCUT2D eigenvalue weighted by Crippen LogP contribution is -2.23. The van der Waals surface area contributed by atoms with Gasteiger partial charge in [-0.3, -0.25) is 14.9 Å². The van der Waals surface area contributed by atoms with Gasteiger partial charge < -0.3 is 5.32 Å². The van der Waals surface area contributed by atoms with Crippen LogP contribution in [0.2, 0.25) is 0 Å². The summed E-state index contributed by atoms with van der Waals surface area (Å²) in [6.07, 6.45) is 4.43. The summed E-state index contributed by atoms with van der Waals surface area (Å²) in [6, 6.07) is 6.16. The van der Waals surface area contributed by atoms with E-state index in [1.807, 2.05) is 0 Å². The van der Waals surface area contributed by atoms with Crippen LogP contribution in [0.25, 0.3) is 0 Å². The van der Waals surface area contributed by atoms with Gasteiger partial charge in [0.2, 0.25) is 11.1 Å². The van der Waals surface area contributed by atoms with Crippen molar-refractivity contribution in [3.05, 3.63) is 34.4 Å². The van der Waals surface area contributed by atoms with Crippen molar-refractivity contribution in [2.45, 2.75) is 49.1 Å². The van der Waals surface area contributed by atoms with Gasteiger partial charge in [-0.2, -0.15) is 0 Å². The maximum Gasteiger partial charge on any atom is 0.271 e. The van der Waals surface area contributed by atoms with Gasteiger partial charge in [-0.05, 0) is 36.3 Å². The summed E-state index contributed by atoms with van der Waals surface area (Å²) in [5.41, 5.74) is 0.324. The van der Waals surface area contributed by atoms with Crippen molar-refractivity contribution in [1.29, 1.82) is 0 Å². The predicted octanol–water partition coefficient (Wildman–Crippen LogP) is 2.82. The average Bonchev–Trinajstić information content (AvgIpc) is 3.26. The zero-order valence-corrected chi connectivity index (χ0v) is 14.5. The van der Waals surface area contributed by atoms with Crippen LogP contribution in [0.4, 0.5) is 11.4 Å². The average molecular weight is 362 g/mol. The van der Waals surface area contributed by atoms with Gasteiger partial charge in [-0.1, -0.05) is 30.7 Å². The van der Waals surface area contributed by atoms with E-state index in [4.69, 9.17) is 0 Å². The Balaban J connectivity index is 1.64. The molecule has 1 fully saturated rings. The molecular weight excluding hydrogens is 344 g/mol. The summed E-state index contributed by atoms with van der Waals surface area (Å²) in [7, 11) is 0. The van der Waals surface area contributed by atoms with Crippen LogP contribution < -0.4 is 5.32 Å². The molecule has 2 aromatic rings. The Morgan fingerprint density at radius 2 is 2.20 bits per heavy atom. The number of thioether (sulfide) groups is 1. The number of nitrogens with one attached hydrogen (secondary N) is 1. The Morgan fingerprint density at radius 1 is 1.44 bits per heavy atom. The van der Waals surface area contributed by atoms with Gasteiger partial charge in [-0.25, -0.2) is 4.68 Å². The molecule has 1 atom stereocenters. The number of nitrogens with zero attached hydrogens (tertiary/aromatic N) is 5. The highest BCUT2D eigenvalue weighted by molar-refractivity contribution is 8.00. The van der Waals surface area contributed by atoms with Crippen LogP contribution in [0, 0.1) is 10.1 Å². The van der Waals surface area contributed by atoms with Crippen LogP contribution >= 0.6 is 11.8 Å². The van der Waals surface area contributed by atoms with Gasteiger partial charge >= 0.3 is 0 Å². The zero-order chi connectivity index (χ0) is 17.8. The Hall–Kier alpha value is -2.49. The van der Waals surface area contributed by atoms with Crippen molar-refractivity contribution >= 4 is 29.0 Å². The third-order valence-corrected chi connectivity index (χ3v) is 5.16. The maximum atomic E-state index is 12.4. The summed E-state index contributed by atoms with van der Waals surface area (Å²) >= 11 is 1.28. The number of hydrogen-bond donors (Lipinski definition) is 1. The minimum Gasteiger partial charge on any atom is -0.325 e. The van der Waals surface area contributed by atoms with Crippen molar-refractivity contribution in [3.8, 4) is 0 Å². The molecule has 3 rings (SSSR count). The van der Waals surface area contributed by atoms with E-state index in [2.05, 4.69) is 20.8 Å². The number of rotatable bonds is 6. The molecule has 1 saturated carbocycles. The fourth-order valence-corrected chi connectivity index (χ4v) is 3.65. The molecule has 1 heterocycles. The van der Waals surface area contributed by atoms with Crippen molar-refractivity contribution in [2.24, 2.45) is 0 Å². The van der Waals surface area contributed by atoms with Crippen LogP contribution in [0.3, 0.4) is 0 Å². The number of carbonyl (C=O) groups is 1. The molecule has 25 heavy (non-hydrogen) atoms. The predicted molar refractivity (Wildman–Crippen MR) is 92.4 cm³/mol. The van der Waals surface area contributed by atoms with Crippen molar-refractivity contribution in [3.63, 3.8) is 0 Å². The first kappa shape index (κ1) is 17.3. The molecule has 1 aliphatic rings. The first-order valence-electron chi connectivity index (χ1n) is 8.04. The number of aromatic nitrogens is 4. The van der Waals surface area contributed by atoms with E-state index in [1.54, 1.807) is 17.7 Å². The molecule has 9 nitrogen and oxygen atoms in total.